The molecule has 0 spiro atoms. The second kappa shape index (κ2) is 8.46. The van der Waals surface area contributed by atoms with Gasteiger partial charge in [-0.05, 0) is 37.7 Å². The average Bonchev–Trinajstić information content (AvgIpc) is 3.00. The van der Waals surface area contributed by atoms with Crippen LogP contribution in [-0.4, -0.2) is 32.0 Å². The van der Waals surface area contributed by atoms with E-state index in [-0.39, 0.29) is 17.2 Å². The van der Waals surface area contributed by atoms with Crippen molar-refractivity contribution in [2.45, 2.75) is 63.4 Å². The highest BCUT2D eigenvalue weighted by Gasteiger charge is 2.30. The van der Waals surface area contributed by atoms with E-state index < -0.39 is 0 Å². The quantitative estimate of drug-likeness (QED) is 0.782. The topological polar surface area (TPSA) is 59.8 Å². The maximum absolute atomic E-state index is 12.7. The third kappa shape index (κ3) is 4.37. The van der Waals surface area contributed by atoms with E-state index in [0.717, 1.165) is 28.5 Å². The van der Waals surface area contributed by atoms with Gasteiger partial charge >= 0.3 is 0 Å². The fourth-order valence-electron chi connectivity index (χ4n) is 3.77. The van der Waals surface area contributed by atoms with Crippen LogP contribution in [0.4, 0.5) is 0 Å². The number of hydrogen-bond donors (Lipinski definition) is 1. The molecule has 4 atom stereocenters. The van der Waals surface area contributed by atoms with Crippen molar-refractivity contribution in [1.29, 1.82) is 0 Å². The molecule has 1 amide bonds. The second-order valence-electron chi connectivity index (χ2n) is 7.82. The zero-order chi connectivity index (χ0) is 19.6. The lowest BCUT2D eigenvalue weighted by Crippen LogP contribution is -2.46. The summed E-state index contributed by atoms with van der Waals surface area (Å²) >= 11 is 1.47. The summed E-state index contributed by atoms with van der Waals surface area (Å²) in [5, 5.41) is 12.5. The molecule has 1 heterocycles. The van der Waals surface area contributed by atoms with Gasteiger partial charge in [0.2, 0.25) is 5.91 Å². The van der Waals surface area contributed by atoms with Crippen molar-refractivity contribution in [3.63, 3.8) is 0 Å². The summed E-state index contributed by atoms with van der Waals surface area (Å²) in [6, 6.07) is 8.43. The van der Waals surface area contributed by atoms with Crippen molar-refractivity contribution in [1.82, 2.24) is 20.1 Å². The van der Waals surface area contributed by atoms with Crippen LogP contribution in [0.25, 0.3) is 11.4 Å². The predicted octanol–water partition coefficient (Wildman–Crippen LogP) is 4.21. The predicted molar refractivity (Wildman–Crippen MR) is 111 cm³/mol. The van der Waals surface area contributed by atoms with Crippen LogP contribution in [0, 0.1) is 18.8 Å². The largest absolute Gasteiger partial charge is 0.352 e. The number of benzene rings is 1. The first-order valence-electron chi connectivity index (χ1n) is 9.81. The maximum Gasteiger partial charge on any atom is 0.233 e. The van der Waals surface area contributed by atoms with Crippen LogP contribution in [-0.2, 0) is 11.8 Å². The van der Waals surface area contributed by atoms with Gasteiger partial charge < -0.3 is 9.88 Å². The monoisotopic (exact) mass is 386 g/mol. The number of aryl methyl sites for hydroxylation is 1. The van der Waals surface area contributed by atoms with Crippen LogP contribution < -0.4 is 5.32 Å². The molecular weight excluding hydrogens is 356 g/mol. The first-order chi connectivity index (χ1) is 12.9. The minimum absolute atomic E-state index is 0.0893. The summed E-state index contributed by atoms with van der Waals surface area (Å²) in [4.78, 5) is 12.7. The average molecular weight is 387 g/mol. The number of nitrogens with one attached hydrogen (secondary N) is 1. The lowest BCUT2D eigenvalue weighted by Gasteiger charge is -2.35. The van der Waals surface area contributed by atoms with E-state index in [1.165, 1.54) is 24.6 Å². The van der Waals surface area contributed by atoms with Crippen LogP contribution in [0.1, 0.15) is 45.6 Å². The van der Waals surface area contributed by atoms with E-state index in [1.807, 2.05) is 30.7 Å². The molecule has 0 bridgehead atoms. The Morgan fingerprint density at radius 1 is 1.26 bits per heavy atom. The summed E-state index contributed by atoms with van der Waals surface area (Å²) in [5.41, 5.74) is 2.23. The van der Waals surface area contributed by atoms with Gasteiger partial charge in [-0.25, -0.2) is 0 Å². The summed E-state index contributed by atoms with van der Waals surface area (Å²) in [7, 11) is 1.96. The van der Waals surface area contributed by atoms with Crippen LogP contribution >= 0.6 is 11.8 Å². The highest BCUT2D eigenvalue weighted by molar-refractivity contribution is 8.00. The van der Waals surface area contributed by atoms with Crippen molar-refractivity contribution >= 4 is 17.7 Å². The van der Waals surface area contributed by atoms with Crippen molar-refractivity contribution in [2.75, 3.05) is 0 Å². The van der Waals surface area contributed by atoms with Gasteiger partial charge in [0, 0.05) is 18.7 Å². The number of rotatable bonds is 5. The minimum Gasteiger partial charge on any atom is -0.352 e. The molecule has 1 fully saturated rings. The molecule has 1 saturated carbocycles. The van der Waals surface area contributed by atoms with E-state index in [0.29, 0.717) is 11.8 Å². The zero-order valence-electron chi connectivity index (χ0n) is 16.9. The van der Waals surface area contributed by atoms with Gasteiger partial charge in [-0.1, -0.05) is 62.7 Å². The minimum atomic E-state index is -0.206. The van der Waals surface area contributed by atoms with E-state index in [9.17, 15) is 4.79 Å². The van der Waals surface area contributed by atoms with Crippen molar-refractivity contribution in [2.24, 2.45) is 18.9 Å². The molecule has 1 aromatic carbocycles. The Kier molecular flexibility index (Phi) is 6.25. The lowest BCUT2D eigenvalue weighted by atomic mass is 9.78. The SMILES string of the molecule is Cc1ccccc1-c1nnc(S[C@H](C)C(=O)N[C@@H]2CCC[C@H](C)[C@@H]2C)n1C. The molecule has 0 saturated heterocycles. The second-order valence-corrected chi connectivity index (χ2v) is 9.13. The Labute approximate surface area is 166 Å². The van der Waals surface area contributed by atoms with Gasteiger partial charge in [-0.2, -0.15) is 0 Å². The fourth-order valence-corrected chi connectivity index (χ4v) is 4.60. The summed E-state index contributed by atoms with van der Waals surface area (Å²) < 4.78 is 1.97. The number of carbonyl (C=O) groups is 1. The Morgan fingerprint density at radius 3 is 2.74 bits per heavy atom. The third-order valence-corrected chi connectivity index (χ3v) is 7.04. The van der Waals surface area contributed by atoms with E-state index >= 15 is 0 Å². The normalized spacial score (nSPS) is 23.8. The molecule has 6 heteroatoms. The molecule has 0 radical (unpaired) electrons. The number of hydrogen-bond acceptors (Lipinski definition) is 4. The van der Waals surface area contributed by atoms with E-state index in [4.69, 9.17) is 0 Å². The van der Waals surface area contributed by atoms with Gasteiger partial charge in [-0.3, -0.25) is 4.79 Å². The van der Waals surface area contributed by atoms with Gasteiger partial charge in [0.15, 0.2) is 11.0 Å². The smallest absolute Gasteiger partial charge is 0.233 e. The molecule has 1 N–H and O–H groups in total. The molecule has 5 nitrogen and oxygen atoms in total. The standard InChI is InChI=1S/C21H30N4OS/c1-13-10-8-12-18(15(13)3)22-20(26)16(4)27-21-24-23-19(25(21)5)17-11-7-6-9-14(17)2/h6-7,9,11,13,15-16,18H,8,10,12H2,1-5H3,(H,22,26)/t13-,15-,16+,18+/m0/s1. The van der Waals surface area contributed by atoms with Crippen molar-refractivity contribution in [3.05, 3.63) is 29.8 Å². The number of amides is 1. The lowest BCUT2D eigenvalue weighted by molar-refractivity contribution is -0.121. The number of carbonyl (C=O) groups excluding carboxylic acids is 1. The number of nitrogens with zero attached hydrogens (tertiary/aromatic N) is 3. The highest BCUT2D eigenvalue weighted by Crippen LogP contribution is 2.31. The van der Waals surface area contributed by atoms with Gasteiger partial charge in [0.25, 0.3) is 0 Å². The summed E-state index contributed by atoms with van der Waals surface area (Å²) in [5.74, 6) is 2.12. The van der Waals surface area contributed by atoms with Crippen molar-refractivity contribution < 1.29 is 4.79 Å². The molecule has 3 rings (SSSR count). The Bertz CT molecular complexity index is 803. The highest BCUT2D eigenvalue weighted by atomic mass is 32.2. The Hall–Kier alpha value is -1.82. The van der Waals surface area contributed by atoms with E-state index in [1.54, 1.807) is 0 Å². The number of thioether (sulfide) groups is 1. The van der Waals surface area contributed by atoms with Crippen LogP contribution in [0.2, 0.25) is 0 Å². The van der Waals surface area contributed by atoms with Crippen LogP contribution in [0.5, 0.6) is 0 Å². The molecule has 0 aliphatic heterocycles. The van der Waals surface area contributed by atoms with E-state index in [2.05, 4.69) is 48.4 Å². The van der Waals surface area contributed by atoms with Gasteiger partial charge in [0.1, 0.15) is 0 Å². The molecule has 1 aliphatic rings. The third-order valence-electron chi connectivity index (χ3n) is 5.91. The molecule has 2 aromatic rings. The molecule has 0 unspecified atom stereocenters. The summed E-state index contributed by atoms with van der Waals surface area (Å²) in [6.07, 6.45) is 3.54. The van der Waals surface area contributed by atoms with Crippen LogP contribution in [0.3, 0.4) is 0 Å². The zero-order valence-corrected chi connectivity index (χ0v) is 17.7. The van der Waals surface area contributed by atoms with Gasteiger partial charge in [-0.15, -0.1) is 10.2 Å². The molecule has 1 aliphatic carbocycles. The fraction of sp³-hybridized carbons (Fsp3) is 0.571. The maximum atomic E-state index is 12.7. The molecule has 27 heavy (non-hydrogen) atoms. The molecule has 1 aromatic heterocycles. The van der Waals surface area contributed by atoms with Gasteiger partial charge in [0.05, 0.1) is 5.25 Å². The molecular formula is C21H30N4OS. The first-order valence-corrected chi connectivity index (χ1v) is 10.7. The van der Waals surface area contributed by atoms with Crippen molar-refractivity contribution in [3.8, 4) is 11.4 Å². The first kappa shape index (κ1) is 19.9. The molecule has 146 valence electrons. The Balaban J connectivity index is 1.67. The Morgan fingerprint density at radius 2 is 2.00 bits per heavy atom. The number of aromatic nitrogens is 3. The summed E-state index contributed by atoms with van der Waals surface area (Å²) in [6.45, 7) is 8.55. The van der Waals surface area contributed by atoms with Crippen LogP contribution in [0.15, 0.2) is 29.4 Å².